The van der Waals surface area contributed by atoms with E-state index >= 15 is 0 Å². The van der Waals surface area contributed by atoms with Crippen LogP contribution in [0.3, 0.4) is 0 Å². The summed E-state index contributed by atoms with van der Waals surface area (Å²) >= 11 is 0. The minimum atomic E-state index is -0.0911. The zero-order chi connectivity index (χ0) is 15.2. The number of nitrogens with zero attached hydrogens (tertiary/aromatic N) is 2. The molecule has 1 aromatic carbocycles. The Morgan fingerprint density at radius 2 is 1.82 bits per heavy atom. The van der Waals surface area contributed by atoms with Gasteiger partial charge in [-0.2, -0.15) is 0 Å². The van der Waals surface area contributed by atoms with Crippen molar-refractivity contribution in [2.24, 2.45) is 0 Å². The first-order valence-electron chi connectivity index (χ1n) is 7.20. The van der Waals surface area contributed by atoms with E-state index in [0.717, 1.165) is 11.3 Å². The molecule has 22 heavy (non-hydrogen) atoms. The van der Waals surface area contributed by atoms with E-state index in [-0.39, 0.29) is 5.91 Å². The second-order valence-electron chi connectivity index (χ2n) is 5.01. The van der Waals surface area contributed by atoms with Crippen molar-refractivity contribution in [2.75, 3.05) is 0 Å². The highest BCUT2D eigenvalue weighted by Crippen LogP contribution is 2.08. The highest BCUT2D eigenvalue weighted by atomic mass is 16.1. The molecule has 4 nitrogen and oxygen atoms in total. The molecule has 0 aliphatic rings. The maximum Gasteiger partial charge on any atom is 0.268 e. The number of benzene rings is 1. The van der Waals surface area contributed by atoms with Crippen LogP contribution in [-0.4, -0.2) is 15.5 Å². The highest BCUT2D eigenvalue weighted by molar-refractivity contribution is 5.92. The molecule has 0 fully saturated rings. The van der Waals surface area contributed by atoms with Crippen LogP contribution >= 0.6 is 0 Å². The second kappa shape index (κ2) is 6.72. The zero-order valence-electron chi connectivity index (χ0n) is 12.1. The molecule has 2 aromatic heterocycles. The van der Waals surface area contributed by atoms with Gasteiger partial charge in [-0.05, 0) is 29.8 Å². The molecule has 3 rings (SSSR count). The van der Waals surface area contributed by atoms with E-state index in [1.54, 1.807) is 6.20 Å². The standard InChI is InChI=1S/C18H17N3O/c22-18(20-13-16-9-4-5-11-19-16)17-10-6-12-21(17)14-15-7-2-1-3-8-15/h1-12H,13-14H2,(H,20,22). The van der Waals surface area contributed by atoms with Crippen molar-refractivity contribution in [2.45, 2.75) is 13.1 Å². The molecule has 4 heteroatoms. The number of pyridine rings is 1. The lowest BCUT2D eigenvalue weighted by Gasteiger charge is -2.10. The van der Waals surface area contributed by atoms with Crippen LogP contribution in [0.15, 0.2) is 73.1 Å². The number of hydrogen-bond acceptors (Lipinski definition) is 2. The van der Waals surface area contributed by atoms with Crippen LogP contribution in [0.1, 0.15) is 21.7 Å². The van der Waals surface area contributed by atoms with Gasteiger partial charge in [0.25, 0.3) is 5.91 Å². The lowest BCUT2D eigenvalue weighted by molar-refractivity contribution is 0.0941. The van der Waals surface area contributed by atoms with Gasteiger partial charge in [-0.25, -0.2) is 0 Å². The summed E-state index contributed by atoms with van der Waals surface area (Å²) in [6.07, 6.45) is 3.64. The molecule has 0 bridgehead atoms. The van der Waals surface area contributed by atoms with E-state index in [1.807, 2.05) is 59.3 Å². The summed E-state index contributed by atoms with van der Waals surface area (Å²) in [6.45, 7) is 1.11. The van der Waals surface area contributed by atoms with E-state index in [9.17, 15) is 4.79 Å². The summed E-state index contributed by atoms with van der Waals surface area (Å²) in [5.74, 6) is -0.0911. The Morgan fingerprint density at radius 3 is 2.59 bits per heavy atom. The van der Waals surface area contributed by atoms with Crippen LogP contribution in [0.4, 0.5) is 0 Å². The monoisotopic (exact) mass is 291 g/mol. The van der Waals surface area contributed by atoms with Gasteiger partial charge in [-0.1, -0.05) is 36.4 Å². The number of amides is 1. The largest absolute Gasteiger partial charge is 0.345 e. The third-order valence-electron chi connectivity index (χ3n) is 3.41. The summed E-state index contributed by atoms with van der Waals surface area (Å²) in [6, 6.07) is 19.5. The highest BCUT2D eigenvalue weighted by Gasteiger charge is 2.10. The van der Waals surface area contributed by atoms with Gasteiger partial charge in [-0.15, -0.1) is 0 Å². The van der Waals surface area contributed by atoms with Gasteiger partial charge in [0.1, 0.15) is 5.69 Å². The lowest BCUT2D eigenvalue weighted by atomic mass is 10.2. The van der Waals surface area contributed by atoms with E-state index in [1.165, 1.54) is 0 Å². The van der Waals surface area contributed by atoms with Gasteiger partial charge in [0.05, 0.1) is 12.2 Å². The van der Waals surface area contributed by atoms with Crippen LogP contribution in [0.5, 0.6) is 0 Å². The third kappa shape index (κ3) is 3.41. The molecule has 0 saturated heterocycles. The maximum atomic E-state index is 12.3. The quantitative estimate of drug-likeness (QED) is 0.785. The molecule has 3 aromatic rings. The zero-order valence-corrected chi connectivity index (χ0v) is 12.1. The second-order valence-corrected chi connectivity index (χ2v) is 5.01. The number of aromatic nitrogens is 2. The van der Waals surface area contributed by atoms with Gasteiger partial charge in [0, 0.05) is 18.9 Å². The fraction of sp³-hybridized carbons (Fsp3) is 0.111. The Bertz CT molecular complexity index is 735. The molecule has 1 amide bonds. The van der Waals surface area contributed by atoms with Gasteiger partial charge in [0.15, 0.2) is 0 Å². The minimum Gasteiger partial charge on any atom is -0.345 e. The Morgan fingerprint density at radius 1 is 1.00 bits per heavy atom. The summed E-state index contributed by atoms with van der Waals surface area (Å²) in [7, 11) is 0. The van der Waals surface area contributed by atoms with Crippen molar-refractivity contribution in [1.82, 2.24) is 14.9 Å². The molecule has 0 aliphatic carbocycles. The molecular weight excluding hydrogens is 274 g/mol. The first-order valence-corrected chi connectivity index (χ1v) is 7.20. The predicted molar refractivity (Wildman–Crippen MR) is 85.4 cm³/mol. The molecule has 0 spiro atoms. The summed E-state index contributed by atoms with van der Waals surface area (Å²) in [5.41, 5.74) is 2.66. The van der Waals surface area contributed by atoms with E-state index in [4.69, 9.17) is 0 Å². The molecule has 0 radical (unpaired) electrons. The average Bonchev–Trinajstić information content (AvgIpc) is 3.03. The van der Waals surface area contributed by atoms with Gasteiger partial charge >= 0.3 is 0 Å². The average molecular weight is 291 g/mol. The van der Waals surface area contributed by atoms with Crippen molar-refractivity contribution in [3.05, 3.63) is 90.0 Å². The fourth-order valence-electron chi connectivity index (χ4n) is 2.30. The number of carbonyl (C=O) groups is 1. The van der Waals surface area contributed by atoms with Crippen LogP contribution < -0.4 is 5.32 Å². The molecule has 1 N–H and O–H groups in total. The lowest BCUT2D eigenvalue weighted by Crippen LogP contribution is -2.25. The van der Waals surface area contributed by atoms with Crippen LogP contribution in [0.2, 0.25) is 0 Å². The molecule has 2 heterocycles. The molecule has 0 saturated carbocycles. The smallest absolute Gasteiger partial charge is 0.268 e. The summed E-state index contributed by atoms with van der Waals surface area (Å²) in [5, 5.41) is 2.91. The number of rotatable bonds is 5. The first kappa shape index (κ1) is 14.1. The normalized spacial score (nSPS) is 10.4. The van der Waals surface area contributed by atoms with Crippen molar-refractivity contribution in [1.29, 1.82) is 0 Å². The number of hydrogen-bond donors (Lipinski definition) is 1. The number of carbonyl (C=O) groups excluding carboxylic acids is 1. The Labute approximate surface area is 129 Å². The van der Waals surface area contributed by atoms with Crippen molar-refractivity contribution in [3.8, 4) is 0 Å². The molecule has 0 atom stereocenters. The minimum absolute atomic E-state index is 0.0911. The maximum absolute atomic E-state index is 12.3. The molecule has 110 valence electrons. The Balaban J connectivity index is 1.67. The topological polar surface area (TPSA) is 46.9 Å². The predicted octanol–water partition coefficient (Wildman–Crippen LogP) is 2.86. The van der Waals surface area contributed by atoms with E-state index in [0.29, 0.717) is 18.8 Å². The van der Waals surface area contributed by atoms with E-state index in [2.05, 4.69) is 22.4 Å². The van der Waals surface area contributed by atoms with Crippen LogP contribution in [-0.2, 0) is 13.1 Å². The van der Waals surface area contributed by atoms with Gasteiger partial charge < -0.3 is 9.88 Å². The Hall–Kier alpha value is -2.88. The van der Waals surface area contributed by atoms with Crippen LogP contribution in [0, 0.1) is 0 Å². The SMILES string of the molecule is O=C(NCc1ccccn1)c1cccn1Cc1ccccc1. The first-order chi connectivity index (χ1) is 10.8. The van der Waals surface area contributed by atoms with Crippen molar-refractivity contribution < 1.29 is 4.79 Å². The number of nitrogens with one attached hydrogen (secondary N) is 1. The summed E-state index contributed by atoms with van der Waals surface area (Å²) in [4.78, 5) is 16.5. The van der Waals surface area contributed by atoms with E-state index < -0.39 is 0 Å². The van der Waals surface area contributed by atoms with Crippen molar-refractivity contribution in [3.63, 3.8) is 0 Å². The third-order valence-corrected chi connectivity index (χ3v) is 3.41. The fourth-order valence-corrected chi connectivity index (χ4v) is 2.30. The molecule has 0 aliphatic heterocycles. The Kier molecular flexibility index (Phi) is 4.30. The van der Waals surface area contributed by atoms with Crippen LogP contribution in [0.25, 0.3) is 0 Å². The van der Waals surface area contributed by atoms with Gasteiger partial charge in [-0.3, -0.25) is 9.78 Å². The summed E-state index contributed by atoms with van der Waals surface area (Å²) < 4.78 is 1.95. The van der Waals surface area contributed by atoms with Gasteiger partial charge in [0.2, 0.25) is 0 Å². The molecular formula is C18H17N3O. The molecule has 0 unspecified atom stereocenters. The van der Waals surface area contributed by atoms with Crippen molar-refractivity contribution >= 4 is 5.91 Å².